The van der Waals surface area contributed by atoms with Gasteiger partial charge in [0, 0.05) is 56.8 Å². The van der Waals surface area contributed by atoms with Gasteiger partial charge < -0.3 is 14.4 Å². The molecule has 1 aromatic heterocycles. The molecular formula is C25H29N3O3. The first kappa shape index (κ1) is 21.1. The lowest BCUT2D eigenvalue weighted by Gasteiger charge is -2.35. The Kier molecular flexibility index (Phi) is 6.67. The fourth-order valence-corrected chi connectivity index (χ4v) is 4.11. The summed E-state index contributed by atoms with van der Waals surface area (Å²) in [6.45, 7) is 4.14. The van der Waals surface area contributed by atoms with Crippen LogP contribution in [-0.2, 0) is 17.8 Å². The van der Waals surface area contributed by atoms with Crippen molar-refractivity contribution in [1.82, 2.24) is 14.8 Å². The number of carbonyl (C=O) groups is 1. The molecule has 0 aliphatic carbocycles. The summed E-state index contributed by atoms with van der Waals surface area (Å²) in [6.07, 6.45) is 3.01. The zero-order chi connectivity index (χ0) is 21.6. The fourth-order valence-electron chi connectivity index (χ4n) is 4.11. The van der Waals surface area contributed by atoms with Crippen LogP contribution in [0.4, 0.5) is 0 Å². The molecule has 1 fully saturated rings. The average Bonchev–Trinajstić information content (AvgIpc) is 2.83. The number of ether oxygens (including phenoxy) is 2. The number of aryl methyl sites for hydroxylation is 1. The zero-order valence-corrected chi connectivity index (χ0v) is 18.2. The summed E-state index contributed by atoms with van der Waals surface area (Å²) in [5.74, 6) is 1.70. The molecule has 162 valence electrons. The van der Waals surface area contributed by atoms with E-state index in [1.54, 1.807) is 14.2 Å². The van der Waals surface area contributed by atoms with Crippen LogP contribution >= 0.6 is 0 Å². The lowest BCUT2D eigenvalue weighted by Crippen LogP contribution is -2.48. The van der Waals surface area contributed by atoms with Gasteiger partial charge in [-0.25, -0.2) is 0 Å². The summed E-state index contributed by atoms with van der Waals surface area (Å²) in [7, 11) is 3.27. The Morgan fingerprint density at radius 1 is 0.968 bits per heavy atom. The lowest BCUT2D eigenvalue weighted by atomic mass is 10.1. The Balaban J connectivity index is 1.30. The summed E-state index contributed by atoms with van der Waals surface area (Å²) in [4.78, 5) is 21.7. The number of nitrogens with zero attached hydrogens (tertiary/aromatic N) is 3. The second-order valence-electron chi connectivity index (χ2n) is 7.87. The van der Waals surface area contributed by atoms with Crippen molar-refractivity contribution >= 4 is 16.8 Å². The third-order valence-electron chi connectivity index (χ3n) is 5.87. The van der Waals surface area contributed by atoms with Crippen molar-refractivity contribution in [2.45, 2.75) is 19.4 Å². The summed E-state index contributed by atoms with van der Waals surface area (Å²) < 4.78 is 10.6. The van der Waals surface area contributed by atoms with E-state index in [-0.39, 0.29) is 5.91 Å². The molecule has 2 heterocycles. The molecule has 6 heteroatoms. The molecule has 3 aromatic rings. The highest BCUT2D eigenvalue weighted by Crippen LogP contribution is 2.24. The van der Waals surface area contributed by atoms with E-state index < -0.39 is 0 Å². The number of aromatic nitrogens is 1. The van der Waals surface area contributed by atoms with Crippen LogP contribution in [0.25, 0.3) is 10.9 Å². The highest BCUT2D eigenvalue weighted by molar-refractivity contribution is 5.81. The van der Waals surface area contributed by atoms with E-state index >= 15 is 0 Å². The number of hydrogen-bond acceptors (Lipinski definition) is 5. The molecule has 2 aromatic carbocycles. The van der Waals surface area contributed by atoms with Crippen LogP contribution in [0.15, 0.2) is 54.7 Å². The highest BCUT2D eigenvalue weighted by atomic mass is 16.5. The highest BCUT2D eigenvalue weighted by Gasteiger charge is 2.21. The Morgan fingerprint density at radius 2 is 1.68 bits per heavy atom. The number of amides is 1. The van der Waals surface area contributed by atoms with Crippen LogP contribution in [0.2, 0.25) is 0 Å². The number of rotatable bonds is 7. The van der Waals surface area contributed by atoms with Crippen LogP contribution in [-0.4, -0.2) is 61.1 Å². The maximum atomic E-state index is 12.8. The van der Waals surface area contributed by atoms with Gasteiger partial charge in [-0.1, -0.05) is 24.3 Å². The molecule has 0 radical (unpaired) electrons. The minimum atomic E-state index is 0.202. The largest absolute Gasteiger partial charge is 0.497 e. The van der Waals surface area contributed by atoms with Crippen molar-refractivity contribution in [2.24, 2.45) is 0 Å². The third kappa shape index (κ3) is 5.14. The van der Waals surface area contributed by atoms with E-state index in [0.29, 0.717) is 12.8 Å². The standard InChI is InChI=1S/C25H29N3O3/c1-30-22-15-19(16-23(17-22)31-2)8-9-24(29)28-13-11-27(12-14-28)18-21-6-3-5-20-7-4-10-26-25(20)21/h3-7,10,15-17H,8-9,11-14,18H2,1-2H3. The summed E-state index contributed by atoms with van der Waals surface area (Å²) >= 11 is 0. The van der Waals surface area contributed by atoms with Gasteiger partial charge in [-0.05, 0) is 35.7 Å². The van der Waals surface area contributed by atoms with Crippen LogP contribution in [0.1, 0.15) is 17.5 Å². The zero-order valence-electron chi connectivity index (χ0n) is 18.2. The SMILES string of the molecule is COc1cc(CCC(=O)N2CCN(Cc3cccc4cccnc34)CC2)cc(OC)c1. The summed E-state index contributed by atoms with van der Waals surface area (Å²) in [6, 6.07) is 16.2. The Morgan fingerprint density at radius 3 is 2.39 bits per heavy atom. The van der Waals surface area contributed by atoms with Crippen LogP contribution in [0.3, 0.4) is 0 Å². The smallest absolute Gasteiger partial charge is 0.222 e. The predicted octanol–water partition coefficient (Wildman–Crippen LogP) is 3.53. The number of pyridine rings is 1. The van der Waals surface area contributed by atoms with Gasteiger partial charge in [-0.2, -0.15) is 0 Å². The Bertz CT molecular complexity index is 1020. The monoisotopic (exact) mass is 419 g/mol. The number of fused-ring (bicyclic) bond motifs is 1. The fraction of sp³-hybridized carbons (Fsp3) is 0.360. The molecule has 6 nitrogen and oxygen atoms in total. The van der Waals surface area contributed by atoms with E-state index in [0.717, 1.165) is 55.3 Å². The van der Waals surface area contributed by atoms with E-state index in [1.807, 2.05) is 35.4 Å². The van der Waals surface area contributed by atoms with Gasteiger partial charge in [0.25, 0.3) is 0 Å². The minimum Gasteiger partial charge on any atom is -0.497 e. The van der Waals surface area contributed by atoms with Crippen LogP contribution in [0.5, 0.6) is 11.5 Å². The molecule has 4 rings (SSSR count). The van der Waals surface area contributed by atoms with Crippen molar-refractivity contribution in [2.75, 3.05) is 40.4 Å². The van der Waals surface area contributed by atoms with Crippen molar-refractivity contribution in [1.29, 1.82) is 0 Å². The van der Waals surface area contributed by atoms with E-state index in [9.17, 15) is 4.79 Å². The van der Waals surface area contributed by atoms with Crippen LogP contribution in [0, 0.1) is 0 Å². The molecule has 1 aliphatic rings. The molecule has 0 unspecified atom stereocenters. The molecule has 1 amide bonds. The van der Waals surface area contributed by atoms with E-state index in [1.165, 1.54) is 10.9 Å². The number of carbonyl (C=O) groups excluding carboxylic acids is 1. The van der Waals surface area contributed by atoms with Gasteiger partial charge in [0.15, 0.2) is 0 Å². The normalized spacial score (nSPS) is 14.6. The first-order valence-electron chi connectivity index (χ1n) is 10.7. The minimum absolute atomic E-state index is 0.202. The lowest BCUT2D eigenvalue weighted by molar-refractivity contribution is -0.133. The van der Waals surface area contributed by atoms with Crippen molar-refractivity contribution in [3.63, 3.8) is 0 Å². The first-order valence-corrected chi connectivity index (χ1v) is 10.7. The van der Waals surface area contributed by atoms with Gasteiger partial charge in [0.05, 0.1) is 19.7 Å². The summed E-state index contributed by atoms with van der Waals surface area (Å²) in [5.41, 5.74) is 3.36. The maximum Gasteiger partial charge on any atom is 0.222 e. The Hall–Kier alpha value is -3.12. The number of benzene rings is 2. The number of methoxy groups -OCH3 is 2. The quantitative estimate of drug-likeness (QED) is 0.586. The van der Waals surface area contributed by atoms with E-state index in [4.69, 9.17) is 9.47 Å². The Labute approximate surface area is 183 Å². The number of hydrogen-bond donors (Lipinski definition) is 0. The predicted molar refractivity (Wildman–Crippen MR) is 121 cm³/mol. The topological polar surface area (TPSA) is 54.9 Å². The molecule has 0 saturated carbocycles. The van der Waals surface area contributed by atoms with Crippen molar-refractivity contribution < 1.29 is 14.3 Å². The molecule has 31 heavy (non-hydrogen) atoms. The van der Waals surface area contributed by atoms with E-state index in [2.05, 4.69) is 34.1 Å². The van der Waals surface area contributed by atoms with Gasteiger partial charge >= 0.3 is 0 Å². The van der Waals surface area contributed by atoms with Gasteiger partial charge in [-0.15, -0.1) is 0 Å². The number of para-hydroxylation sites is 1. The van der Waals surface area contributed by atoms with Gasteiger partial charge in [-0.3, -0.25) is 14.7 Å². The van der Waals surface area contributed by atoms with Crippen LogP contribution < -0.4 is 9.47 Å². The van der Waals surface area contributed by atoms with Crippen molar-refractivity contribution in [3.05, 3.63) is 65.9 Å². The molecule has 1 saturated heterocycles. The second-order valence-corrected chi connectivity index (χ2v) is 7.87. The van der Waals surface area contributed by atoms with Gasteiger partial charge in [0.2, 0.25) is 5.91 Å². The third-order valence-corrected chi connectivity index (χ3v) is 5.87. The number of piperazine rings is 1. The molecule has 1 aliphatic heterocycles. The molecule has 0 atom stereocenters. The maximum absolute atomic E-state index is 12.8. The van der Waals surface area contributed by atoms with Crippen molar-refractivity contribution in [3.8, 4) is 11.5 Å². The second kappa shape index (κ2) is 9.79. The molecular weight excluding hydrogens is 390 g/mol. The summed E-state index contributed by atoms with van der Waals surface area (Å²) in [5, 5.41) is 1.17. The molecule has 0 N–H and O–H groups in total. The molecule has 0 bridgehead atoms. The van der Waals surface area contributed by atoms with Gasteiger partial charge in [0.1, 0.15) is 11.5 Å². The first-order chi connectivity index (χ1) is 15.2. The molecule has 0 spiro atoms. The average molecular weight is 420 g/mol.